The first-order valence-electron chi connectivity index (χ1n) is 7.14. The smallest absolute Gasteiger partial charge is 0.227 e. The van der Waals surface area contributed by atoms with Crippen molar-refractivity contribution in [2.24, 2.45) is 11.8 Å². The summed E-state index contributed by atoms with van der Waals surface area (Å²) in [5, 5.41) is 9.15. The third kappa shape index (κ3) is 2.30. The lowest BCUT2D eigenvalue weighted by atomic mass is 9.88. The molecule has 2 heterocycles. The molecule has 4 heteroatoms. The van der Waals surface area contributed by atoms with E-state index in [4.69, 9.17) is 5.26 Å². The summed E-state index contributed by atoms with van der Waals surface area (Å²) in [6, 6.07) is 9.98. The Bertz CT molecular complexity index is 563. The van der Waals surface area contributed by atoms with E-state index in [9.17, 15) is 4.79 Å². The number of nitriles is 1. The highest BCUT2D eigenvalue weighted by molar-refractivity contribution is 5.80. The number of benzene rings is 1. The molecule has 1 aromatic rings. The van der Waals surface area contributed by atoms with Crippen LogP contribution in [0, 0.1) is 23.2 Å². The first-order valence-corrected chi connectivity index (χ1v) is 7.14. The zero-order valence-electron chi connectivity index (χ0n) is 11.7. The molecular formula is C16H19N3O. The first kappa shape index (κ1) is 13.1. The van der Waals surface area contributed by atoms with Gasteiger partial charge in [0.15, 0.2) is 0 Å². The number of carbonyl (C=O) groups excluding carboxylic acids is 1. The number of hydrogen-bond donors (Lipinski definition) is 0. The zero-order valence-corrected chi connectivity index (χ0v) is 11.7. The van der Waals surface area contributed by atoms with Gasteiger partial charge in [-0.05, 0) is 24.0 Å². The van der Waals surface area contributed by atoms with Crippen molar-refractivity contribution in [2.45, 2.75) is 13.0 Å². The van der Waals surface area contributed by atoms with Crippen LogP contribution in [0.1, 0.15) is 17.5 Å². The van der Waals surface area contributed by atoms with Gasteiger partial charge in [-0.15, -0.1) is 0 Å². The largest absolute Gasteiger partial charge is 0.345 e. The lowest BCUT2D eigenvalue weighted by Gasteiger charge is -2.30. The van der Waals surface area contributed by atoms with Crippen LogP contribution in [0.5, 0.6) is 0 Å². The summed E-state index contributed by atoms with van der Waals surface area (Å²) in [6.07, 6.45) is 1.10. The maximum atomic E-state index is 12.2. The van der Waals surface area contributed by atoms with Gasteiger partial charge in [0.2, 0.25) is 5.91 Å². The van der Waals surface area contributed by atoms with Crippen LogP contribution in [0.25, 0.3) is 0 Å². The van der Waals surface area contributed by atoms with E-state index >= 15 is 0 Å². The highest BCUT2D eigenvalue weighted by atomic mass is 16.2. The van der Waals surface area contributed by atoms with Crippen molar-refractivity contribution in [1.29, 1.82) is 5.26 Å². The molecule has 1 amide bonds. The average molecular weight is 269 g/mol. The molecule has 0 bridgehead atoms. The average Bonchev–Trinajstić information content (AvgIpc) is 2.87. The number of rotatable bonds is 2. The Hall–Kier alpha value is -1.86. The van der Waals surface area contributed by atoms with E-state index < -0.39 is 0 Å². The number of fused-ring (bicyclic) bond motifs is 1. The molecule has 20 heavy (non-hydrogen) atoms. The van der Waals surface area contributed by atoms with Gasteiger partial charge >= 0.3 is 0 Å². The van der Waals surface area contributed by atoms with Crippen LogP contribution in [0.4, 0.5) is 0 Å². The van der Waals surface area contributed by atoms with E-state index in [1.165, 1.54) is 0 Å². The van der Waals surface area contributed by atoms with Crippen LogP contribution in [-0.2, 0) is 11.3 Å². The molecule has 0 spiro atoms. The molecule has 2 aliphatic heterocycles. The van der Waals surface area contributed by atoms with Crippen LogP contribution in [0.3, 0.4) is 0 Å². The molecule has 0 aliphatic carbocycles. The molecule has 0 radical (unpaired) electrons. The van der Waals surface area contributed by atoms with Crippen molar-refractivity contribution in [1.82, 2.24) is 9.80 Å². The second kappa shape index (κ2) is 5.26. The van der Waals surface area contributed by atoms with Crippen molar-refractivity contribution in [2.75, 3.05) is 26.7 Å². The van der Waals surface area contributed by atoms with Gasteiger partial charge in [-0.1, -0.05) is 18.2 Å². The number of piperidine rings is 1. The molecule has 0 N–H and O–H groups in total. The SMILES string of the molecule is CN1CC[C@@H]2CN(Cc3ccccc3C#N)C[C@@H]2C1=O. The van der Waals surface area contributed by atoms with Crippen molar-refractivity contribution >= 4 is 5.91 Å². The Labute approximate surface area is 119 Å². The second-order valence-electron chi connectivity index (χ2n) is 5.88. The number of hydrogen-bond acceptors (Lipinski definition) is 3. The maximum Gasteiger partial charge on any atom is 0.227 e. The quantitative estimate of drug-likeness (QED) is 0.817. The zero-order chi connectivity index (χ0) is 14.1. The molecule has 2 saturated heterocycles. The highest BCUT2D eigenvalue weighted by Gasteiger charge is 2.41. The lowest BCUT2D eigenvalue weighted by molar-refractivity contribution is -0.137. The van der Waals surface area contributed by atoms with Crippen molar-refractivity contribution in [3.63, 3.8) is 0 Å². The van der Waals surface area contributed by atoms with Gasteiger partial charge in [0, 0.05) is 33.2 Å². The molecular weight excluding hydrogens is 250 g/mol. The van der Waals surface area contributed by atoms with Gasteiger partial charge in [-0.3, -0.25) is 9.69 Å². The van der Waals surface area contributed by atoms with Gasteiger partial charge in [-0.2, -0.15) is 5.26 Å². The third-order valence-electron chi connectivity index (χ3n) is 4.58. The minimum atomic E-state index is 0.156. The van der Waals surface area contributed by atoms with E-state index in [-0.39, 0.29) is 11.8 Å². The van der Waals surface area contributed by atoms with Crippen LogP contribution < -0.4 is 0 Å². The number of nitrogens with zero attached hydrogens (tertiary/aromatic N) is 3. The Morgan fingerprint density at radius 3 is 2.95 bits per heavy atom. The fraction of sp³-hybridized carbons (Fsp3) is 0.500. The van der Waals surface area contributed by atoms with Crippen LogP contribution in [0.2, 0.25) is 0 Å². The summed E-state index contributed by atoms with van der Waals surface area (Å²) in [7, 11) is 1.90. The van der Waals surface area contributed by atoms with Crippen molar-refractivity contribution < 1.29 is 4.79 Å². The molecule has 4 nitrogen and oxygen atoms in total. The van der Waals surface area contributed by atoms with E-state index in [1.54, 1.807) is 0 Å². The molecule has 2 fully saturated rings. The van der Waals surface area contributed by atoms with Crippen molar-refractivity contribution in [3.05, 3.63) is 35.4 Å². The predicted octanol–water partition coefficient (Wildman–Crippen LogP) is 1.47. The predicted molar refractivity (Wildman–Crippen MR) is 75.7 cm³/mol. The van der Waals surface area contributed by atoms with Crippen molar-refractivity contribution in [3.8, 4) is 6.07 Å². The van der Waals surface area contributed by atoms with Gasteiger partial charge in [0.25, 0.3) is 0 Å². The third-order valence-corrected chi connectivity index (χ3v) is 4.58. The Morgan fingerprint density at radius 1 is 1.35 bits per heavy atom. The molecule has 3 rings (SSSR count). The number of carbonyl (C=O) groups is 1. The second-order valence-corrected chi connectivity index (χ2v) is 5.88. The first-order chi connectivity index (χ1) is 9.69. The maximum absolute atomic E-state index is 12.2. The number of likely N-dealkylation sites (tertiary alicyclic amines) is 2. The van der Waals surface area contributed by atoms with Crippen LogP contribution >= 0.6 is 0 Å². The Kier molecular flexibility index (Phi) is 3.45. The van der Waals surface area contributed by atoms with E-state index in [1.807, 2.05) is 36.2 Å². The molecule has 2 aliphatic rings. The molecule has 1 aromatic carbocycles. The molecule has 0 aromatic heterocycles. The summed E-state index contributed by atoms with van der Waals surface area (Å²) in [6.45, 7) is 3.45. The minimum Gasteiger partial charge on any atom is -0.345 e. The molecule has 104 valence electrons. The minimum absolute atomic E-state index is 0.156. The summed E-state index contributed by atoms with van der Waals surface area (Å²) in [5.41, 5.74) is 1.81. The molecule has 0 unspecified atom stereocenters. The molecule has 2 atom stereocenters. The summed E-state index contributed by atoms with van der Waals surface area (Å²) in [5.74, 6) is 0.938. The summed E-state index contributed by atoms with van der Waals surface area (Å²) in [4.78, 5) is 16.4. The van der Waals surface area contributed by atoms with Gasteiger partial charge in [0.1, 0.15) is 0 Å². The highest BCUT2D eigenvalue weighted by Crippen LogP contribution is 2.32. The normalized spacial score (nSPS) is 26.4. The van der Waals surface area contributed by atoms with E-state index in [0.717, 1.165) is 43.7 Å². The summed E-state index contributed by atoms with van der Waals surface area (Å²) < 4.78 is 0. The monoisotopic (exact) mass is 269 g/mol. The summed E-state index contributed by atoms with van der Waals surface area (Å²) >= 11 is 0. The Morgan fingerprint density at radius 2 is 2.15 bits per heavy atom. The lowest BCUT2D eigenvalue weighted by Crippen LogP contribution is -2.42. The van der Waals surface area contributed by atoms with Crippen LogP contribution in [-0.4, -0.2) is 42.4 Å². The van der Waals surface area contributed by atoms with E-state index in [0.29, 0.717) is 5.92 Å². The van der Waals surface area contributed by atoms with Gasteiger partial charge < -0.3 is 4.90 Å². The molecule has 0 saturated carbocycles. The fourth-order valence-electron chi connectivity index (χ4n) is 3.42. The van der Waals surface area contributed by atoms with Gasteiger partial charge in [-0.25, -0.2) is 0 Å². The Balaban J connectivity index is 1.72. The fourth-order valence-corrected chi connectivity index (χ4v) is 3.42. The van der Waals surface area contributed by atoms with E-state index in [2.05, 4.69) is 11.0 Å². The van der Waals surface area contributed by atoms with Crippen LogP contribution in [0.15, 0.2) is 24.3 Å². The topological polar surface area (TPSA) is 47.3 Å². The standard InChI is InChI=1S/C16H19N3O/c1-18-7-6-14-10-19(11-15(14)16(18)20)9-13-5-3-2-4-12(13)8-17/h2-5,14-15H,6-7,9-11H2,1H3/t14-,15+/m1/s1. The number of amides is 1. The van der Waals surface area contributed by atoms with Gasteiger partial charge in [0.05, 0.1) is 17.6 Å².